The summed E-state index contributed by atoms with van der Waals surface area (Å²) in [7, 11) is 1.17. The van der Waals surface area contributed by atoms with E-state index in [1.165, 1.54) is 7.11 Å². The maximum Gasteiger partial charge on any atom is 0.369 e. The minimum atomic E-state index is -0.803. The summed E-state index contributed by atoms with van der Waals surface area (Å²) in [5.41, 5.74) is 2.72. The van der Waals surface area contributed by atoms with Crippen LogP contribution in [-0.4, -0.2) is 18.8 Å². The molecule has 0 amide bonds. The van der Waals surface area contributed by atoms with Crippen LogP contribution in [0.2, 0.25) is 5.02 Å². The number of hydrazone groups is 1. The largest absolute Gasteiger partial charge is 0.464 e. The molecule has 0 aliphatic heterocycles. The molecule has 0 bridgehead atoms. The minimum Gasteiger partial charge on any atom is -0.464 e. The lowest BCUT2D eigenvalue weighted by Crippen LogP contribution is -2.15. The topological polar surface area (TPSA) is 74.5 Å². The Labute approximate surface area is 111 Å². The molecule has 17 heavy (non-hydrogen) atoms. The predicted octanol–water partition coefficient (Wildman–Crippen LogP) is 2.57. The Bertz CT molecular complexity index is 511. The van der Waals surface area contributed by atoms with E-state index in [0.29, 0.717) is 10.7 Å². The highest BCUT2D eigenvalue weighted by molar-refractivity contribution is 9.10. The number of rotatable bonds is 3. The van der Waals surface area contributed by atoms with Crippen LogP contribution in [0.3, 0.4) is 0 Å². The van der Waals surface area contributed by atoms with E-state index in [1.54, 1.807) is 24.3 Å². The molecule has 0 atom stereocenters. The first-order valence-corrected chi connectivity index (χ1v) is 5.52. The molecule has 1 aromatic rings. The Morgan fingerprint density at radius 1 is 1.65 bits per heavy atom. The predicted molar refractivity (Wildman–Crippen MR) is 67.8 cm³/mol. The van der Waals surface area contributed by atoms with E-state index in [2.05, 4.69) is 31.2 Å². The average Bonchev–Trinajstić information content (AvgIpc) is 2.33. The number of carbonyl (C=O) groups is 1. The van der Waals surface area contributed by atoms with Crippen molar-refractivity contribution >= 4 is 44.9 Å². The van der Waals surface area contributed by atoms with Crippen LogP contribution >= 0.6 is 27.5 Å². The van der Waals surface area contributed by atoms with Crippen molar-refractivity contribution in [3.05, 3.63) is 27.7 Å². The van der Waals surface area contributed by atoms with Gasteiger partial charge in [-0.2, -0.15) is 10.4 Å². The molecule has 0 heterocycles. The second-order valence-electron chi connectivity index (χ2n) is 2.80. The zero-order chi connectivity index (χ0) is 12.8. The second kappa shape index (κ2) is 6.23. The van der Waals surface area contributed by atoms with E-state index in [0.717, 1.165) is 4.47 Å². The second-order valence-corrected chi connectivity index (χ2v) is 4.07. The van der Waals surface area contributed by atoms with Gasteiger partial charge in [-0.15, -0.1) is 0 Å². The SMILES string of the molecule is COC(=O)/C(C#N)=N/Nc1ccc(Br)c(Cl)c1. The standard InChI is InChI=1S/C10H7BrClN3O2/c1-17-10(16)9(5-13)15-14-6-2-3-7(11)8(12)4-6/h2-4,14H,1H3/b15-9+. The Hall–Kier alpha value is -1.58. The van der Waals surface area contributed by atoms with Crippen molar-refractivity contribution < 1.29 is 9.53 Å². The maximum absolute atomic E-state index is 11.0. The zero-order valence-corrected chi connectivity index (χ0v) is 11.0. The zero-order valence-electron chi connectivity index (χ0n) is 8.70. The summed E-state index contributed by atoms with van der Waals surface area (Å²) in [4.78, 5) is 11.0. The monoisotopic (exact) mass is 315 g/mol. The third kappa shape index (κ3) is 3.73. The van der Waals surface area contributed by atoms with Crippen LogP contribution in [0.25, 0.3) is 0 Å². The molecule has 0 aromatic heterocycles. The minimum absolute atomic E-state index is 0.369. The fourth-order valence-electron chi connectivity index (χ4n) is 0.899. The number of benzene rings is 1. The van der Waals surface area contributed by atoms with Crippen molar-refractivity contribution in [1.82, 2.24) is 0 Å². The number of nitriles is 1. The summed E-state index contributed by atoms with van der Waals surface area (Å²) in [5.74, 6) is -0.803. The van der Waals surface area contributed by atoms with Gasteiger partial charge < -0.3 is 4.74 Å². The van der Waals surface area contributed by atoms with Gasteiger partial charge in [0, 0.05) is 4.47 Å². The molecule has 0 unspecified atom stereocenters. The molecular formula is C10H7BrClN3O2. The Morgan fingerprint density at radius 3 is 2.88 bits per heavy atom. The molecule has 0 aliphatic carbocycles. The summed E-state index contributed by atoms with van der Waals surface area (Å²) < 4.78 is 5.11. The van der Waals surface area contributed by atoms with Gasteiger partial charge in [0.2, 0.25) is 5.71 Å². The van der Waals surface area contributed by atoms with E-state index >= 15 is 0 Å². The number of hydrogen-bond acceptors (Lipinski definition) is 5. The van der Waals surface area contributed by atoms with Crippen LogP contribution in [0.5, 0.6) is 0 Å². The van der Waals surface area contributed by atoms with Crippen molar-refractivity contribution in [2.24, 2.45) is 5.10 Å². The van der Waals surface area contributed by atoms with E-state index in [4.69, 9.17) is 16.9 Å². The fraction of sp³-hybridized carbons (Fsp3) is 0.100. The van der Waals surface area contributed by atoms with Gasteiger partial charge in [-0.3, -0.25) is 5.43 Å². The summed E-state index contributed by atoms with van der Waals surface area (Å²) in [6.07, 6.45) is 0. The smallest absolute Gasteiger partial charge is 0.369 e. The summed E-state index contributed by atoms with van der Waals surface area (Å²) in [6, 6.07) is 6.62. The van der Waals surface area contributed by atoms with Crippen LogP contribution in [0, 0.1) is 11.3 Å². The lowest BCUT2D eigenvalue weighted by molar-refractivity contribution is -0.132. The first kappa shape index (κ1) is 13.5. The normalized spacial score (nSPS) is 10.6. The highest BCUT2D eigenvalue weighted by atomic mass is 79.9. The third-order valence-corrected chi connectivity index (χ3v) is 2.93. The van der Waals surface area contributed by atoms with E-state index in [9.17, 15) is 4.79 Å². The molecular weight excluding hydrogens is 309 g/mol. The van der Waals surface area contributed by atoms with Crippen molar-refractivity contribution in [3.8, 4) is 6.07 Å². The van der Waals surface area contributed by atoms with Crippen molar-refractivity contribution in [2.45, 2.75) is 0 Å². The molecule has 0 saturated carbocycles. The molecule has 1 aromatic carbocycles. The lowest BCUT2D eigenvalue weighted by Gasteiger charge is -2.02. The number of anilines is 1. The first-order valence-electron chi connectivity index (χ1n) is 4.35. The third-order valence-electron chi connectivity index (χ3n) is 1.70. The fourth-order valence-corrected chi connectivity index (χ4v) is 1.33. The van der Waals surface area contributed by atoms with Gasteiger partial charge in [0.1, 0.15) is 6.07 Å². The van der Waals surface area contributed by atoms with Crippen LogP contribution in [0.15, 0.2) is 27.8 Å². The van der Waals surface area contributed by atoms with Crippen molar-refractivity contribution in [3.63, 3.8) is 0 Å². The quantitative estimate of drug-likeness (QED) is 0.528. The van der Waals surface area contributed by atoms with Crippen LogP contribution < -0.4 is 5.43 Å². The van der Waals surface area contributed by atoms with E-state index in [1.807, 2.05) is 0 Å². The highest BCUT2D eigenvalue weighted by Crippen LogP contribution is 2.25. The van der Waals surface area contributed by atoms with Crippen molar-refractivity contribution in [1.29, 1.82) is 5.26 Å². The first-order chi connectivity index (χ1) is 8.08. The van der Waals surface area contributed by atoms with Gasteiger partial charge >= 0.3 is 5.97 Å². The Kier molecular flexibility index (Phi) is 4.94. The van der Waals surface area contributed by atoms with Gasteiger partial charge in [0.05, 0.1) is 17.8 Å². The summed E-state index contributed by atoms with van der Waals surface area (Å²) in [6.45, 7) is 0. The number of hydrogen-bond donors (Lipinski definition) is 1. The molecule has 1 N–H and O–H groups in total. The number of nitrogens with one attached hydrogen (secondary N) is 1. The van der Waals surface area contributed by atoms with Crippen molar-refractivity contribution in [2.75, 3.05) is 12.5 Å². The number of methoxy groups -OCH3 is 1. The highest BCUT2D eigenvalue weighted by Gasteiger charge is 2.10. The molecule has 0 saturated heterocycles. The van der Waals surface area contributed by atoms with E-state index in [-0.39, 0.29) is 5.71 Å². The van der Waals surface area contributed by atoms with Crippen LogP contribution in [0.4, 0.5) is 5.69 Å². The van der Waals surface area contributed by atoms with Gasteiger partial charge in [-0.05, 0) is 34.1 Å². The number of esters is 1. The van der Waals surface area contributed by atoms with Gasteiger partial charge in [-0.25, -0.2) is 4.79 Å². The lowest BCUT2D eigenvalue weighted by atomic mass is 10.3. The molecule has 0 fully saturated rings. The van der Waals surface area contributed by atoms with E-state index < -0.39 is 5.97 Å². The molecule has 0 radical (unpaired) electrons. The van der Waals surface area contributed by atoms with Gasteiger partial charge in [-0.1, -0.05) is 11.6 Å². The van der Waals surface area contributed by atoms with Gasteiger partial charge in [0.15, 0.2) is 0 Å². The summed E-state index contributed by atoms with van der Waals surface area (Å²) in [5, 5.41) is 12.7. The maximum atomic E-state index is 11.0. The molecule has 0 aliphatic rings. The molecule has 1 rings (SSSR count). The Balaban J connectivity index is 2.85. The number of nitrogens with zero attached hydrogens (tertiary/aromatic N) is 2. The number of carbonyl (C=O) groups excluding carboxylic acids is 1. The number of halogens is 2. The average molecular weight is 317 g/mol. The molecule has 5 nitrogen and oxygen atoms in total. The summed E-state index contributed by atoms with van der Waals surface area (Å²) >= 11 is 9.10. The van der Waals surface area contributed by atoms with Gasteiger partial charge in [0.25, 0.3) is 0 Å². The van der Waals surface area contributed by atoms with Crippen LogP contribution in [0.1, 0.15) is 0 Å². The molecule has 0 spiro atoms. The molecule has 7 heteroatoms. The van der Waals surface area contributed by atoms with Crippen LogP contribution in [-0.2, 0) is 9.53 Å². The molecule has 88 valence electrons. The Morgan fingerprint density at radius 2 is 2.35 bits per heavy atom. The number of ether oxygens (including phenoxy) is 1.